The highest BCUT2D eigenvalue weighted by atomic mass is 15.3. The first-order valence-corrected chi connectivity index (χ1v) is 10.4. The molecule has 0 heterocycles. The lowest BCUT2D eigenvalue weighted by atomic mass is 9.87. The second kappa shape index (κ2) is 15.8. The van der Waals surface area contributed by atoms with Gasteiger partial charge in [0, 0.05) is 13.1 Å². The summed E-state index contributed by atoms with van der Waals surface area (Å²) < 4.78 is 0. The van der Waals surface area contributed by atoms with Gasteiger partial charge in [-0.2, -0.15) is 0 Å². The molecule has 0 unspecified atom stereocenters. The van der Waals surface area contributed by atoms with Gasteiger partial charge in [0.05, 0.1) is 0 Å². The SMILES string of the molecule is CCCCCCCCCCCCNNCCC1CCCCC1. The first-order valence-electron chi connectivity index (χ1n) is 10.4. The topological polar surface area (TPSA) is 24.1 Å². The third kappa shape index (κ3) is 12.5. The first kappa shape index (κ1) is 20.0. The van der Waals surface area contributed by atoms with Crippen molar-refractivity contribution in [2.45, 2.75) is 110 Å². The standard InChI is InChI=1S/C20H42N2/c1-2-3-4-5-6-7-8-9-10-14-18-21-22-19-17-20-15-12-11-13-16-20/h20-22H,2-19H2,1H3. The zero-order valence-corrected chi connectivity index (χ0v) is 15.3. The number of hydrogen-bond acceptors (Lipinski definition) is 2. The Morgan fingerprint density at radius 2 is 1.18 bits per heavy atom. The lowest BCUT2D eigenvalue weighted by Crippen LogP contribution is -2.34. The van der Waals surface area contributed by atoms with Gasteiger partial charge in [-0.1, -0.05) is 96.8 Å². The van der Waals surface area contributed by atoms with Crippen LogP contribution in [0.1, 0.15) is 110 Å². The molecule has 1 fully saturated rings. The molecule has 1 aliphatic rings. The molecule has 22 heavy (non-hydrogen) atoms. The second-order valence-electron chi connectivity index (χ2n) is 7.33. The predicted molar refractivity (Wildman–Crippen MR) is 99.0 cm³/mol. The van der Waals surface area contributed by atoms with E-state index in [4.69, 9.17) is 0 Å². The average molecular weight is 311 g/mol. The van der Waals surface area contributed by atoms with E-state index in [1.165, 1.54) is 103 Å². The van der Waals surface area contributed by atoms with Crippen LogP contribution in [0.5, 0.6) is 0 Å². The molecule has 0 atom stereocenters. The van der Waals surface area contributed by atoms with Crippen molar-refractivity contribution in [2.24, 2.45) is 5.92 Å². The van der Waals surface area contributed by atoms with E-state index >= 15 is 0 Å². The molecule has 0 radical (unpaired) electrons. The second-order valence-corrected chi connectivity index (χ2v) is 7.33. The molecule has 0 saturated heterocycles. The summed E-state index contributed by atoms with van der Waals surface area (Å²) in [5.74, 6) is 1.00. The molecular weight excluding hydrogens is 268 g/mol. The van der Waals surface area contributed by atoms with Gasteiger partial charge < -0.3 is 0 Å². The number of rotatable bonds is 15. The number of nitrogens with one attached hydrogen (secondary N) is 2. The molecule has 0 spiro atoms. The van der Waals surface area contributed by atoms with Crippen LogP contribution < -0.4 is 10.9 Å². The van der Waals surface area contributed by atoms with Crippen molar-refractivity contribution in [1.82, 2.24) is 10.9 Å². The Morgan fingerprint density at radius 1 is 0.636 bits per heavy atom. The molecule has 0 bridgehead atoms. The molecule has 2 N–H and O–H groups in total. The van der Waals surface area contributed by atoms with Gasteiger partial charge in [-0.05, 0) is 18.8 Å². The summed E-state index contributed by atoms with van der Waals surface area (Å²) in [4.78, 5) is 0. The van der Waals surface area contributed by atoms with E-state index in [-0.39, 0.29) is 0 Å². The Morgan fingerprint density at radius 3 is 1.82 bits per heavy atom. The van der Waals surface area contributed by atoms with Crippen molar-refractivity contribution in [1.29, 1.82) is 0 Å². The van der Waals surface area contributed by atoms with E-state index in [1.54, 1.807) is 0 Å². The molecule has 1 rings (SSSR count). The van der Waals surface area contributed by atoms with Crippen LogP contribution in [0.3, 0.4) is 0 Å². The van der Waals surface area contributed by atoms with Gasteiger partial charge in [-0.3, -0.25) is 10.9 Å². The van der Waals surface area contributed by atoms with Crippen molar-refractivity contribution in [2.75, 3.05) is 13.1 Å². The molecular formula is C20H42N2. The zero-order valence-electron chi connectivity index (χ0n) is 15.3. The van der Waals surface area contributed by atoms with Crippen LogP contribution in [0.25, 0.3) is 0 Å². The largest absolute Gasteiger partial charge is 0.258 e. The summed E-state index contributed by atoms with van der Waals surface area (Å²) in [5, 5.41) is 0. The predicted octanol–water partition coefficient (Wildman–Crippen LogP) is 5.97. The minimum atomic E-state index is 1.00. The molecule has 2 nitrogen and oxygen atoms in total. The molecule has 0 aromatic heterocycles. The van der Waals surface area contributed by atoms with Crippen molar-refractivity contribution in [3.63, 3.8) is 0 Å². The fourth-order valence-corrected chi connectivity index (χ4v) is 3.63. The number of unbranched alkanes of at least 4 members (excludes halogenated alkanes) is 9. The van der Waals surface area contributed by atoms with E-state index in [9.17, 15) is 0 Å². The van der Waals surface area contributed by atoms with Gasteiger partial charge in [0.25, 0.3) is 0 Å². The van der Waals surface area contributed by atoms with Crippen LogP contribution >= 0.6 is 0 Å². The van der Waals surface area contributed by atoms with E-state index in [0.717, 1.165) is 19.0 Å². The Labute approximate surface area is 140 Å². The Hall–Kier alpha value is -0.0800. The maximum Gasteiger partial charge on any atom is 0.0102 e. The molecule has 2 heteroatoms. The van der Waals surface area contributed by atoms with E-state index in [2.05, 4.69) is 17.8 Å². The third-order valence-electron chi connectivity index (χ3n) is 5.18. The van der Waals surface area contributed by atoms with Crippen LogP contribution in [0.15, 0.2) is 0 Å². The number of hydrazine groups is 1. The summed E-state index contributed by atoms with van der Waals surface area (Å²) >= 11 is 0. The molecule has 1 saturated carbocycles. The minimum absolute atomic E-state index is 1.00. The molecule has 1 aliphatic carbocycles. The summed E-state index contributed by atoms with van der Waals surface area (Å²) in [6.07, 6.45) is 22.9. The van der Waals surface area contributed by atoms with Crippen LogP contribution in [0.4, 0.5) is 0 Å². The lowest BCUT2D eigenvalue weighted by Gasteiger charge is -2.21. The van der Waals surface area contributed by atoms with E-state index in [1.807, 2.05) is 0 Å². The van der Waals surface area contributed by atoms with Crippen LogP contribution in [-0.4, -0.2) is 13.1 Å². The summed E-state index contributed by atoms with van der Waals surface area (Å²) in [6, 6.07) is 0. The average Bonchev–Trinajstić information content (AvgIpc) is 2.56. The van der Waals surface area contributed by atoms with Crippen molar-refractivity contribution in [3.05, 3.63) is 0 Å². The Balaban J connectivity index is 1.68. The highest BCUT2D eigenvalue weighted by Crippen LogP contribution is 2.25. The Bertz CT molecular complexity index is 212. The normalized spacial score (nSPS) is 16.2. The smallest absolute Gasteiger partial charge is 0.0102 e. The highest BCUT2D eigenvalue weighted by Gasteiger charge is 2.12. The minimum Gasteiger partial charge on any atom is -0.258 e. The quantitative estimate of drug-likeness (QED) is 0.287. The van der Waals surface area contributed by atoms with Crippen LogP contribution in [-0.2, 0) is 0 Å². The monoisotopic (exact) mass is 310 g/mol. The highest BCUT2D eigenvalue weighted by molar-refractivity contribution is 4.66. The Kier molecular flexibility index (Phi) is 14.3. The maximum absolute atomic E-state index is 3.41. The number of hydrogen-bond donors (Lipinski definition) is 2. The van der Waals surface area contributed by atoms with Gasteiger partial charge in [0.2, 0.25) is 0 Å². The van der Waals surface area contributed by atoms with Crippen LogP contribution in [0.2, 0.25) is 0 Å². The molecule has 0 amide bonds. The van der Waals surface area contributed by atoms with Crippen molar-refractivity contribution in [3.8, 4) is 0 Å². The third-order valence-corrected chi connectivity index (χ3v) is 5.18. The molecule has 0 aromatic carbocycles. The lowest BCUT2D eigenvalue weighted by molar-refractivity contribution is 0.326. The van der Waals surface area contributed by atoms with Gasteiger partial charge >= 0.3 is 0 Å². The zero-order chi connectivity index (χ0) is 15.7. The summed E-state index contributed by atoms with van der Waals surface area (Å²) in [6.45, 7) is 4.59. The van der Waals surface area contributed by atoms with Crippen molar-refractivity contribution < 1.29 is 0 Å². The molecule has 0 aromatic rings. The first-order chi connectivity index (χ1) is 10.9. The fourth-order valence-electron chi connectivity index (χ4n) is 3.63. The van der Waals surface area contributed by atoms with Crippen molar-refractivity contribution >= 4 is 0 Å². The molecule has 132 valence electrons. The van der Waals surface area contributed by atoms with Crippen LogP contribution in [0, 0.1) is 5.92 Å². The fraction of sp³-hybridized carbons (Fsp3) is 1.00. The maximum atomic E-state index is 3.41. The summed E-state index contributed by atoms with van der Waals surface area (Å²) in [5.41, 5.74) is 6.81. The summed E-state index contributed by atoms with van der Waals surface area (Å²) in [7, 11) is 0. The van der Waals surface area contributed by atoms with Gasteiger partial charge in [-0.15, -0.1) is 0 Å². The van der Waals surface area contributed by atoms with Gasteiger partial charge in [-0.25, -0.2) is 0 Å². The van der Waals surface area contributed by atoms with E-state index < -0.39 is 0 Å². The van der Waals surface area contributed by atoms with Gasteiger partial charge in [0.1, 0.15) is 0 Å². The van der Waals surface area contributed by atoms with Gasteiger partial charge in [0.15, 0.2) is 0 Å². The van der Waals surface area contributed by atoms with E-state index in [0.29, 0.717) is 0 Å². The molecule has 0 aliphatic heterocycles.